The van der Waals surface area contributed by atoms with Gasteiger partial charge >= 0.3 is 5.97 Å². The molecule has 0 amide bonds. The number of pyridine rings is 1. The summed E-state index contributed by atoms with van der Waals surface area (Å²) in [5, 5.41) is 23.3. The lowest BCUT2D eigenvalue weighted by Gasteiger charge is -2.12. The first-order valence-corrected chi connectivity index (χ1v) is 8.10. The van der Waals surface area contributed by atoms with Crippen molar-refractivity contribution in [2.75, 3.05) is 19.1 Å². The number of nitrogens with one attached hydrogen (secondary N) is 1. The molecule has 0 atom stereocenters. The molecular weight excluding hydrogens is 459 g/mol. The third kappa shape index (κ3) is 5.27. The van der Waals surface area contributed by atoms with E-state index in [0.717, 1.165) is 6.20 Å². The Kier molecular flexibility index (Phi) is 6.66. The molecular formula is C15H13IN4O6. The zero-order chi connectivity index (χ0) is 19.1. The fraction of sp³-hybridized carbons (Fsp3) is 0.133. The number of benzene rings is 1. The molecule has 136 valence electrons. The highest BCUT2D eigenvalue weighted by atomic mass is 127. The van der Waals surface area contributed by atoms with E-state index < -0.39 is 17.5 Å². The summed E-state index contributed by atoms with van der Waals surface area (Å²) in [7, 11) is 1.44. The quantitative estimate of drug-likeness (QED) is 0.259. The molecule has 2 N–H and O–H groups in total. The van der Waals surface area contributed by atoms with Crippen LogP contribution < -0.4 is 14.9 Å². The molecule has 0 fully saturated rings. The van der Waals surface area contributed by atoms with Crippen molar-refractivity contribution >= 4 is 46.3 Å². The van der Waals surface area contributed by atoms with E-state index in [1.54, 1.807) is 12.1 Å². The van der Waals surface area contributed by atoms with Gasteiger partial charge in [-0.15, -0.1) is 0 Å². The van der Waals surface area contributed by atoms with Crippen molar-refractivity contribution in [3.05, 3.63) is 49.7 Å². The van der Waals surface area contributed by atoms with Crippen LogP contribution in [0.5, 0.6) is 11.5 Å². The number of hydrazone groups is 1. The zero-order valence-corrected chi connectivity index (χ0v) is 15.5. The van der Waals surface area contributed by atoms with Crippen LogP contribution in [0.3, 0.4) is 0 Å². The van der Waals surface area contributed by atoms with E-state index in [1.807, 2.05) is 22.6 Å². The Labute approximate surface area is 161 Å². The number of carboxylic acids is 1. The summed E-state index contributed by atoms with van der Waals surface area (Å²) in [5.74, 6) is -0.0473. The number of nitro groups is 1. The number of methoxy groups -OCH3 is 1. The minimum Gasteiger partial charge on any atom is -0.493 e. The molecule has 1 heterocycles. The molecule has 0 aliphatic carbocycles. The van der Waals surface area contributed by atoms with Crippen molar-refractivity contribution in [3.63, 3.8) is 0 Å². The lowest BCUT2D eigenvalue weighted by atomic mass is 10.2. The number of aliphatic carboxylic acids is 1. The fourth-order valence-corrected chi connectivity index (χ4v) is 2.60. The van der Waals surface area contributed by atoms with Crippen molar-refractivity contribution in [3.8, 4) is 11.5 Å². The number of aromatic nitrogens is 1. The van der Waals surface area contributed by atoms with Gasteiger partial charge in [-0.25, -0.2) is 9.78 Å². The number of carboxylic acid groups (broad SMARTS) is 1. The Hall–Kier alpha value is -2.96. The van der Waals surface area contributed by atoms with Crippen LogP contribution in [-0.2, 0) is 4.79 Å². The highest BCUT2D eigenvalue weighted by molar-refractivity contribution is 14.1. The molecule has 1 aromatic heterocycles. The summed E-state index contributed by atoms with van der Waals surface area (Å²) in [6, 6.07) is 6.11. The molecule has 26 heavy (non-hydrogen) atoms. The molecule has 0 radical (unpaired) electrons. The predicted octanol–water partition coefficient (Wildman–Crippen LogP) is 2.51. The third-order valence-electron chi connectivity index (χ3n) is 2.94. The average molecular weight is 472 g/mol. The van der Waals surface area contributed by atoms with Crippen molar-refractivity contribution in [1.82, 2.24) is 4.98 Å². The molecule has 1 aromatic carbocycles. The topological polar surface area (TPSA) is 136 Å². The SMILES string of the molecule is COc1cc(/C=N/Nc2ccc([N+](=O)[O-])cn2)cc(I)c1OCC(=O)O. The number of hydrogen-bond acceptors (Lipinski definition) is 8. The van der Waals surface area contributed by atoms with Gasteiger partial charge in [0.25, 0.3) is 5.69 Å². The van der Waals surface area contributed by atoms with Crippen LogP contribution in [0.15, 0.2) is 35.6 Å². The number of nitrogens with zero attached hydrogens (tertiary/aromatic N) is 3. The maximum absolute atomic E-state index is 10.6. The van der Waals surface area contributed by atoms with Crippen LogP contribution in [0.4, 0.5) is 11.5 Å². The maximum Gasteiger partial charge on any atom is 0.341 e. The Balaban J connectivity index is 2.10. The largest absolute Gasteiger partial charge is 0.493 e. The second-order valence-corrected chi connectivity index (χ2v) is 5.91. The zero-order valence-electron chi connectivity index (χ0n) is 13.4. The molecule has 2 aromatic rings. The molecule has 0 aliphatic heterocycles. The molecule has 0 saturated carbocycles. The second kappa shape index (κ2) is 8.94. The molecule has 10 nitrogen and oxygen atoms in total. The van der Waals surface area contributed by atoms with E-state index in [1.165, 1.54) is 25.5 Å². The van der Waals surface area contributed by atoms with Crippen molar-refractivity contribution in [1.29, 1.82) is 0 Å². The van der Waals surface area contributed by atoms with E-state index in [2.05, 4.69) is 15.5 Å². The molecule has 0 spiro atoms. The Bertz CT molecular complexity index is 841. The summed E-state index contributed by atoms with van der Waals surface area (Å²) in [6.07, 6.45) is 2.62. The van der Waals surface area contributed by atoms with Crippen molar-refractivity contribution < 1.29 is 24.3 Å². The van der Waals surface area contributed by atoms with Gasteiger partial charge in [-0.1, -0.05) is 0 Å². The van der Waals surface area contributed by atoms with E-state index in [9.17, 15) is 14.9 Å². The lowest BCUT2D eigenvalue weighted by Crippen LogP contribution is -2.11. The number of anilines is 1. The Morgan fingerprint density at radius 2 is 2.27 bits per heavy atom. The molecule has 11 heteroatoms. The van der Waals surface area contributed by atoms with Gasteiger partial charge in [-0.05, 0) is 46.4 Å². The number of carbonyl (C=O) groups is 1. The van der Waals surface area contributed by atoms with E-state index in [0.29, 0.717) is 26.5 Å². The van der Waals surface area contributed by atoms with Gasteiger partial charge < -0.3 is 14.6 Å². The van der Waals surface area contributed by atoms with Crippen LogP contribution in [0.25, 0.3) is 0 Å². The highest BCUT2D eigenvalue weighted by Gasteiger charge is 2.12. The monoisotopic (exact) mass is 472 g/mol. The Morgan fingerprint density at radius 1 is 1.50 bits per heavy atom. The first kappa shape index (κ1) is 19.4. The van der Waals surface area contributed by atoms with Gasteiger partial charge in [0.1, 0.15) is 12.0 Å². The Morgan fingerprint density at radius 3 is 2.85 bits per heavy atom. The van der Waals surface area contributed by atoms with Gasteiger partial charge in [0.05, 0.1) is 21.8 Å². The van der Waals surface area contributed by atoms with Gasteiger partial charge in [-0.3, -0.25) is 15.5 Å². The van der Waals surface area contributed by atoms with Crippen LogP contribution in [0.1, 0.15) is 5.56 Å². The lowest BCUT2D eigenvalue weighted by molar-refractivity contribution is -0.385. The van der Waals surface area contributed by atoms with Crippen LogP contribution in [0, 0.1) is 13.7 Å². The van der Waals surface area contributed by atoms with Gasteiger partial charge in [0, 0.05) is 6.07 Å². The summed E-state index contributed by atoms with van der Waals surface area (Å²) < 4.78 is 11.1. The van der Waals surface area contributed by atoms with Crippen LogP contribution in [0.2, 0.25) is 0 Å². The van der Waals surface area contributed by atoms with Gasteiger partial charge in [0.2, 0.25) is 0 Å². The van der Waals surface area contributed by atoms with Gasteiger partial charge in [0.15, 0.2) is 18.1 Å². The smallest absolute Gasteiger partial charge is 0.341 e. The number of ether oxygens (including phenoxy) is 2. The summed E-state index contributed by atoms with van der Waals surface area (Å²) in [4.78, 5) is 24.5. The number of rotatable bonds is 8. The molecule has 2 rings (SSSR count). The third-order valence-corrected chi connectivity index (χ3v) is 3.74. The number of hydrogen-bond donors (Lipinski definition) is 2. The van der Waals surface area contributed by atoms with E-state index >= 15 is 0 Å². The number of halogens is 1. The summed E-state index contributed by atoms with van der Waals surface area (Å²) in [6.45, 7) is -0.479. The second-order valence-electron chi connectivity index (χ2n) is 4.75. The van der Waals surface area contributed by atoms with E-state index in [-0.39, 0.29) is 5.69 Å². The standard InChI is InChI=1S/C15H13IN4O6/c1-25-12-5-9(4-11(16)15(12)26-8-14(21)22)6-18-19-13-3-2-10(7-17-13)20(23)24/h2-7H,8H2,1H3,(H,17,19)(H,21,22)/b18-6+. The highest BCUT2D eigenvalue weighted by Crippen LogP contribution is 2.33. The molecule has 0 bridgehead atoms. The fourth-order valence-electron chi connectivity index (χ4n) is 1.82. The van der Waals surface area contributed by atoms with Crippen molar-refractivity contribution in [2.45, 2.75) is 0 Å². The summed E-state index contributed by atoms with van der Waals surface area (Å²) >= 11 is 2.00. The van der Waals surface area contributed by atoms with Crippen molar-refractivity contribution in [2.24, 2.45) is 5.10 Å². The molecule has 0 saturated heterocycles. The van der Waals surface area contributed by atoms with Crippen LogP contribution in [-0.4, -0.2) is 40.9 Å². The normalized spacial score (nSPS) is 10.5. The van der Waals surface area contributed by atoms with Gasteiger partial charge in [-0.2, -0.15) is 5.10 Å². The summed E-state index contributed by atoms with van der Waals surface area (Å²) in [5.41, 5.74) is 3.21. The molecule has 0 aliphatic rings. The molecule has 0 unspecified atom stereocenters. The maximum atomic E-state index is 10.6. The minimum absolute atomic E-state index is 0.115. The van der Waals surface area contributed by atoms with E-state index in [4.69, 9.17) is 14.6 Å². The first-order chi connectivity index (χ1) is 12.4. The van der Waals surface area contributed by atoms with Crippen LogP contribution >= 0.6 is 22.6 Å². The first-order valence-electron chi connectivity index (χ1n) is 7.02. The predicted molar refractivity (Wildman–Crippen MR) is 101 cm³/mol. The average Bonchev–Trinajstić information content (AvgIpc) is 2.60. The minimum atomic E-state index is -1.09.